The van der Waals surface area contributed by atoms with E-state index >= 15 is 0 Å². The minimum atomic E-state index is -3.40. The Morgan fingerprint density at radius 1 is 1.22 bits per heavy atom. The molecule has 2 rings (SSSR count). The number of aryl methyl sites for hydroxylation is 1. The monoisotopic (exact) mass is 339 g/mol. The molecule has 1 fully saturated rings. The molecule has 1 aromatic carbocycles. The summed E-state index contributed by atoms with van der Waals surface area (Å²) in [5.41, 5.74) is 1.27. The van der Waals surface area contributed by atoms with Crippen LogP contribution in [-0.4, -0.2) is 36.4 Å². The molecule has 1 amide bonds. The van der Waals surface area contributed by atoms with Gasteiger partial charge in [0.05, 0.1) is 5.25 Å². The highest BCUT2D eigenvalue weighted by atomic mass is 32.2. The van der Waals surface area contributed by atoms with Gasteiger partial charge >= 0.3 is 5.97 Å². The SMILES string of the molecule is O=C(O)CCc1cccc(NC(=O)CS(=O)(=O)C2CCCC2)c1. The van der Waals surface area contributed by atoms with Crippen LogP contribution in [0.4, 0.5) is 5.69 Å². The van der Waals surface area contributed by atoms with E-state index in [1.807, 2.05) is 0 Å². The Kier molecular flexibility index (Phi) is 5.76. The van der Waals surface area contributed by atoms with Gasteiger partial charge in [-0.15, -0.1) is 0 Å². The second kappa shape index (κ2) is 7.59. The van der Waals surface area contributed by atoms with Gasteiger partial charge < -0.3 is 10.4 Å². The van der Waals surface area contributed by atoms with Crippen molar-refractivity contribution in [2.45, 2.75) is 43.8 Å². The molecular weight excluding hydrogens is 318 g/mol. The third-order valence-electron chi connectivity index (χ3n) is 3.98. The van der Waals surface area contributed by atoms with E-state index in [2.05, 4.69) is 5.32 Å². The highest BCUT2D eigenvalue weighted by molar-refractivity contribution is 7.92. The number of amides is 1. The van der Waals surface area contributed by atoms with Crippen LogP contribution < -0.4 is 5.32 Å². The zero-order valence-corrected chi connectivity index (χ0v) is 13.6. The topological polar surface area (TPSA) is 101 Å². The van der Waals surface area contributed by atoms with Gasteiger partial charge in [0.1, 0.15) is 5.75 Å². The Labute approximate surface area is 135 Å². The molecule has 126 valence electrons. The minimum Gasteiger partial charge on any atom is -0.481 e. The number of carboxylic acids is 1. The standard InChI is InChI=1S/C16H21NO5S/c18-15(11-23(21,22)14-6-1-2-7-14)17-13-5-3-4-12(10-13)8-9-16(19)20/h3-5,10,14H,1-2,6-9,11H2,(H,17,18)(H,19,20). The molecule has 0 unspecified atom stereocenters. The number of carbonyl (C=O) groups is 2. The van der Waals surface area contributed by atoms with Crippen LogP contribution in [0.3, 0.4) is 0 Å². The molecule has 0 aromatic heterocycles. The number of hydrogen-bond acceptors (Lipinski definition) is 4. The van der Waals surface area contributed by atoms with E-state index in [1.165, 1.54) is 0 Å². The third-order valence-corrected chi connectivity index (χ3v) is 6.13. The molecule has 2 N–H and O–H groups in total. The van der Waals surface area contributed by atoms with Crippen LogP contribution in [0.5, 0.6) is 0 Å². The number of nitrogens with one attached hydrogen (secondary N) is 1. The highest BCUT2D eigenvalue weighted by Gasteiger charge is 2.30. The van der Waals surface area contributed by atoms with E-state index in [1.54, 1.807) is 24.3 Å². The van der Waals surface area contributed by atoms with Gasteiger partial charge in [-0.25, -0.2) is 8.42 Å². The van der Waals surface area contributed by atoms with E-state index in [0.29, 0.717) is 24.9 Å². The zero-order chi connectivity index (χ0) is 16.9. The maximum absolute atomic E-state index is 12.2. The fraction of sp³-hybridized carbons (Fsp3) is 0.500. The number of carbonyl (C=O) groups excluding carboxylic acids is 1. The van der Waals surface area contributed by atoms with Crippen molar-refractivity contribution in [1.82, 2.24) is 0 Å². The van der Waals surface area contributed by atoms with Gasteiger partial charge in [-0.05, 0) is 37.0 Å². The lowest BCUT2D eigenvalue weighted by Gasteiger charge is -2.11. The van der Waals surface area contributed by atoms with Crippen LogP contribution in [-0.2, 0) is 25.8 Å². The summed E-state index contributed by atoms with van der Waals surface area (Å²) in [4.78, 5) is 22.6. The first-order valence-corrected chi connectivity index (χ1v) is 9.40. The number of carboxylic acid groups (broad SMARTS) is 1. The number of aliphatic carboxylic acids is 1. The molecule has 0 spiro atoms. The molecule has 6 nitrogen and oxygen atoms in total. The molecule has 1 aliphatic rings. The molecule has 0 atom stereocenters. The summed E-state index contributed by atoms with van der Waals surface area (Å²) < 4.78 is 24.3. The molecule has 1 saturated carbocycles. The predicted molar refractivity (Wildman–Crippen MR) is 87.1 cm³/mol. The van der Waals surface area contributed by atoms with Gasteiger partial charge in [0.2, 0.25) is 5.91 Å². The molecule has 0 bridgehead atoms. The maximum Gasteiger partial charge on any atom is 0.303 e. The normalized spacial score (nSPS) is 15.5. The summed E-state index contributed by atoms with van der Waals surface area (Å²) in [5.74, 6) is -1.94. The first kappa shape index (κ1) is 17.5. The summed E-state index contributed by atoms with van der Waals surface area (Å²) in [6, 6.07) is 6.81. The van der Waals surface area contributed by atoms with Crippen LogP contribution in [0, 0.1) is 0 Å². The Balaban J connectivity index is 1.94. The lowest BCUT2D eigenvalue weighted by atomic mass is 10.1. The average Bonchev–Trinajstić information content (AvgIpc) is 3.00. The van der Waals surface area contributed by atoms with Gasteiger partial charge in [-0.3, -0.25) is 9.59 Å². The summed E-state index contributed by atoms with van der Waals surface area (Å²) in [5, 5.41) is 10.9. The highest BCUT2D eigenvalue weighted by Crippen LogP contribution is 2.25. The van der Waals surface area contributed by atoms with Gasteiger partial charge in [0, 0.05) is 12.1 Å². The maximum atomic E-state index is 12.2. The number of anilines is 1. The van der Waals surface area contributed by atoms with Crippen molar-refractivity contribution >= 4 is 27.4 Å². The van der Waals surface area contributed by atoms with Crippen LogP contribution in [0.1, 0.15) is 37.7 Å². The van der Waals surface area contributed by atoms with Gasteiger partial charge in [-0.1, -0.05) is 25.0 Å². The van der Waals surface area contributed by atoms with Crippen molar-refractivity contribution < 1.29 is 23.1 Å². The van der Waals surface area contributed by atoms with E-state index in [4.69, 9.17) is 5.11 Å². The molecule has 0 aliphatic heterocycles. The van der Waals surface area contributed by atoms with E-state index in [9.17, 15) is 18.0 Å². The number of benzene rings is 1. The van der Waals surface area contributed by atoms with Crippen molar-refractivity contribution in [1.29, 1.82) is 0 Å². The number of rotatable bonds is 7. The Morgan fingerprint density at radius 2 is 1.91 bits per heavy atom. The van der Waals surface area contributed by atoms with Crippen molar-refractivity contribution in [3.63, 3.8) is 0 Å². The summed E-state index contributed by atoms with van der Waals surface area (Å²) in [6.07, 6.45) is 3.45. The molecule has 1 aliphatic carbocycles. The first-order chi connectivity index (χ1) is 10.9. The van der Waals surface area contributed by atoms with Crippen molar-refractivity contribution in [2.75, 3.05) is 11.1 Å². The molecule has 1 aromatic rings. The van der Waals surface area contributed by atoms with E-state index < -0.39 is 32.7 Å². The zero-order valence-electron chi connectivity index (χ0n) is 12.8. The second-order valence-corrected chi connectivity index (χ2v) is 8.14. The average molecular weight is 339 g/mol. The lowest BCUT2D eigenvalue weighted by molar-refractivity contribution is -0.137. The summed E-state index contributed by atoms with van der Waals surface area (Å²) >= 11 is 0. The molecule has 23 heavy (non-hydrogen) atoms. The van der Waals surface area contributed by atoms with E-state index in [0.717, 1.165) is 18.4 Å². The van der Waals surface area contributed by atoms with E-state index in [-0.39, 0.29) is 6.42 Å². The Bertz CT molecular complexity index is 677. The second-order valence-electron chi connectivity index (χ2n) is 5.86. The van der Waals surface area contributed by atoms with Crippen LogP contribution in [0.25, 0.3) is 0 Å². The van der Waals surface area contributed by atoms with Gasteiger partial charge in [0.25, 0.3) is 0 Å². The quantitative estimate of drug-likeness (QED) is 0.791. The largest absolute Gasteiger partial charge is 0.481 e. The third kappa shape index (κ3) is 5.35. The molecule has 0 saturated heterocycles. The summed E-state index contributed by atoms with van der Waals surface area (Å²) in [7, 11) is -3.40. The Morgan fingerprint density at radius 3 is 2.57 bits per heavy atom. The lowest BCUT2D eigenvalue weighted by Crippen LogP contribution is -2.29. The number of hydrogen-bond donors (Lipinski definition) is 2. The van der Waals surface area contributed by atoms with Crippen LogP contribution in [0.15, 0.2) is 24.3 Å². The Hall–Kier alpha value is -1.89. The molecule has 0 radical (unpaired) electrons. The van der Waals surface area contributed by atoms with Crippen LogP contribution in [0.2, 0.25) is 0 Å². The van der Waals surface area contributed by atoms with Gasteiger partial charge in [-0.2, -0.15) is 0 Å². The minimum absolute atomic E-state index is 0.00740. The fourth-order valence-electron chi connectivity index (χ4n) is 2.80. The molecule has 7 heteroatoms. The first-order valence-electron chi connectivity index (χ1n) is 7.69. The summed E-state index contributed by atoms with van der Waals surface area (Å²) in [6.45, 7) is 0. The van der Waals surface area contributed by atoms with Crippen molar-refractivity contribution in [3.8, 4) is 0 Å². The van der Waals surface area contributed by atoms with Crippen molar-refractivity contribution in [2.24, 2.45) is 0 Å². The van der Waals surface area contributed by atoms with Crippen molar-refractivity contribution in [3.05, 3.63) is 29.8 Å². The van der Waals surface area contributed by atoms with Crippen LogP contribution >= 0.6 is 0 Å². The molecular formula is C16H21NO5S. The smallest absolute Gasteiger partial charge is 0.303 e. The van der Waals surface area contributed by atoms with Gasteiger partial charge in [0.15, 0.2) is 9.84 Å². The predicted octanol–water partition coefficient (Wildman–Crippen LogP) is 2.00. The number of sulfone groups is 1. The fourth-order valence-corrected chi connectivity index (χ4v) is 4.53. The molecule has 0 heterocycles.